The van der Waals surface area contributed by atoms with Gasteiger partial charge in [-0.15, -0.1) is 0 Å². The van der Waals surface area contributed by atoms with Crippen molar-refractivity contribution in [3.8, 4) is 0 Å². The molecule has 1 aromatic rings. The second-order valence-electron chi connectivity index (χ2n) is 4.80. The monoisotopic (exact) mass is 251 g/mol. The third-order valence-corrected chi connectivity index (χ3v) is 3.23. The number of hydrogen-bond acceptors (Lipinski definition) is 3. The Labute approximate surface area is 110 Å². The largest absolute Gasteiger partial charge is 0.395 e. The van der Waals surface area contributed by atoms with Gasteiger partial charge in [-0.3, -0.25) is 0 Å². The predicted molar refractivity (Wildman–Crippen MR) is 74.6 cm³/mol. The van der Waals surface area contributed by atoms with Crippen LogP contribution in [0.3, 0.4) is 0 Å². The Balaban J connectivity index is 2.55. The van der Waals surface area contributed by atoms with Crippen LogP contribution in [0.25, 0.3) is 0 Å². The Bertz CT molecular complexity index is 320. The van der Waals surface area contributed by atoms with Gasteiger partial charge in [0, 0.05) is 6.04 Å². The number of nitrogens with one attached hydrogen (secondary N) is 1. The van der Waals surface area contributed by atoms with Crippen molar-refractivity contribution >= 4 is 0 Å². The number of unbranched alkanes of at least 4 members (excludes halogenated alkanes) is 1. The molecule has 0 aliphatic heterocycles. The summed E-state index contributed by atoms with van der Waals surface area (Å²) in [6, 6.07) is 8.45. The summed E-state index contributed by atoms with van der Waals surface area (Å²) in [4.78, 5) is 0. The first-order valence-electron chi connectivity index (χ1n) is 6.77. The fourth-order valence-electron chi connectivity index (χ4n) is 1.97. The van der Waals surface area contributed by atoms with Crippen molar-refractivity contribution in [1.29, 1.82) is 0 Å². The SMILES string of the molecule is CCCCc1ccc(C(C)NC(CO)CO)cc1. The molecule has 3 nitrogen and oxygen atoms in total. The predicted octanol–water partition coefficient (Wildman–Crippen LogP) is 2.03. The minimum atomic E-state index is -0.250. The first kappa shape index (κ1) is 15.2. The van der Waals surface area contributed by atoms with E-state index in [1.807, 2.05) is 6.92 Å². The normalized spacial score (nSPS) is 12.9. The van der Waals surface area contributed by atoms with Gasteiger partial charge in [0.1, 0.15) is 0 Å². The van der Waals surface area contributed by atoms with Crippen LogP contribution in [0.5, 0.6) is 0 Å². The molecule has 3 N–H and O–H groups in total. The second-order valence-corrected chi connectivity index (χ2v) is 4.80. The number of aliphatic hydroxyl groups is 2. The van der Waals surface area contributed by atoms with Gasteiger partial charge in [0.2, 0.25) is 0 Å². The Morgan fingerprint density at radius 1 is 1.11 bits per heavy atom. The molecule has 1 aromatic carbocycles. The Morgan fingerprint density at radius 2 is 1.72 bits per heavy atom. The van der Waals surface area contributed by atoms with Gasteiger partial charge < -0.3 is 15.5 Å². The van der Waals surface area contributed by atoms with E-state index in [2.05, 4.69) is 36.5 Å². The lowest BCUT2D eigenvalue weighted by Gasteiger charge is -2.20. The third-order valence-electron chi connectivity index (χ3n) is 3.23. The van der Waals surface area contributed by atoms with Crippen LogP contribution in [0.1, 0.15) is 43.9 Å². The summed E-state index contributed by atoms with van der Waals surface area (Å²) < 4.78 is 0. The molecular weight excluding hydrogens is 226 g/mol. The molecule has 18 heavy (non-hydrogen) atoms. The standard InChI is InChI=1S/C15H25NO2/c1-3-4-5-13-6-8-14(9-7-13)12(2)16-15(10-17)11-18/h6-9,12,15-18H,3-5,10-11H2,1-2H3. The minimum absolute atomic E-state index is 0.0462. The van der Waals surface area contributed by atoms with Crippen molar-refractivity contribution in [2.24, 2.45) is 0 Å². The maximum atomic E-state index is 9.04. The average Bonchev–Trinajstić information content (AvgIpc) is 2.42. The number of aryl methyl sites for hydroxylation is 1. The quantitative estimate of drug-likeness (QED) is 0.662. The lowest BCUT2D eigenvalue weighted by atomic mass is 10.0. The van der Waals surface area contributed by atoms with Crippen molar-refractivity contribution in [3.05, 3.63) is 35.4 Å². The molecular formula is C15H25NO2. The zero-order valence-corrected chi connectivity index (χ0v) is 11.4. The summed E-state index contributed by atoms with van der Waals surface area (Å²) >= 11 is 0. The molecule has 0 fully saturated rings. The molecule has 0 heterocycles. The molecule has 0 saturated carbocycles. The van der Waals surface area contributed by atoms with E-state index in [-0.39, 0.29) is 25.3 Å². The van der Waals surface area contributed by atoms with Crippen LogP contribution < -0.4 is 5.32 Å². The lowest BCUT2D eigenvalue weighted by Crippen LogP contribution is -2.37. The van der Waals surface area contributed by atoms with Crippen LogP contribution in [0, 0.1) is 0 Å². The number of aliphatic hydroxyl groups excluding tert-OH is 2. The first-order chi connectivity index (χ1) is 8.71. The van der Waals surface area contributed by atoms with Gasteiger partial charge in [0.15, 0.2) is 0 Å². The zero-order valence-electron chi connectivity index (χ0n) is 11.4. The van der Waals surface area contributed by atoms with E-state index in [1.165, 1.54) is 24.0 Å². The van der Waals surface area contributed by atoms with Gasteiger partial charge in [-0.2, -0.15) is 0 Å². The molecule has 1 atom stereocenters. The van der Waals surface area contributed by atoms with E-state index in [9.17, 15) is 0 Å². The van der Waals surface area contributed by atoms with E-state index < -0.39 is 0 Å². The Hall–Kier alpha value is -0.900. The summed E-state index contributed by atoms with van der Waals surface area (Å²) in [5.41, 5.74) is 2.55. The fraction of sp³-hybridized carbons (Fsp3) is 0.600. The number of rotatable bonds is 8. The molecule has 1 unspecified atom stereocenters. The highest BCUT2D eigenvalue weighted by Crippen LogP contribution is 2.15. The van der Waals surface area contributed by atoms with Gasteiger partial charge in [-0.1, -0.05) is 37.6 Å². The van der Waals surface area contributed by atoms with E-state index >= 15 is 0 Å². The molecule has 1 rings (SSSR count). The van der Waals surface area contributed by atoms with E-state index in [4.69, 9.17) is 10.2 Å². The smallest absolute Gasteiger partial charge is 0.0607 e. The molecule has 0 aliphatic carbocycles. The fourth-order valence-corrected chi connectivity index (χ4v) is 1.97. The van der Waals surface area contributed by atoms with Crippen LogP contribution in [0.4, 0.5) is 0 Å². The molecule has 0 aromatic heterocycles. The van der Waals surface area contributed by atoms with E-state index in [0.717, 1.165) is 6.42 Å². The molecule has 0 spiro atoms. The molecule has 0 saturated heterocycles. The first-order valence-corrected chi connectivity index (χ1v) is 6.77. The van der Waals surface area contributed by atoms with Crippen LogP contribution >= 0.6 is 0 Å². The van der Waals surface area contributed by atoms with Crippen molar-refractivity contribution in [1.82, 2.24) is 5.32 Å². The van der Waals surface area contributed by atoms with Gasteiger partial charge in [0.05, 0.1) is 19.3 Å². The van der Waals surface area contributed by atoms with Crippen molar-refractivity contribution in [2.75, 3.05) is 13.2 Å². The van der Waals surface area contributed by atoms with E-state index in [0.29, 0.717) is 0 Å². The molecule has 3 heteroatoms. The molecule has 0 amide bonds. The van der Waals surface area contributed by atoms with Crippen LogP contribution in [0.15, 0.2) is 24.3 Å². The Morgan fingerprint density at radius 3 is 2.22 bits per heavy atom. The maximum Gasteiger partial charge on any atom is 0.0607 e. The lowest BCUT2D eigenvalue weighted by molar-refractivity contribution is 0.163. The van der Waals surface area contributed by atoms with Crippen molar-refractivity contribution in [3.63, 3.8) is 0 Å². The third kappa shape index (κ3) is 4.77. The Kier molecular flexibility index (Phi) is 6.94. The average molecular weight is 251 g/mol. The summed E-state index contributed by atoms with van der Waals surface area (Å²) in [6.45, 7) is 4.15. The van der Waals surface area contributed by atoms with Crippen LogP contribution in [0.2, 0.25) is 0 Å². The second kappa shape index (κ2) is 8.25. The van der Waals surface area contributed by atoms with Gasteiger partial charge in [0.25, 0.3) is 0 Å². The van der Waals surface area contributed by atoms with Crippen molar-refractivity contribution < 1.29 is 10.2 Å². The maximum absolute atomic E-state index is 9.04. The summed E-state index contributed by atoms with van der Waals surface area (Å²) in [6.07, 6.45) is 3.58. The van der Waals surface area contributed by atoms with E-state index in [1.54, 1.807) is 0 Å². The van der Waals surface area contributed by atoms with Crippen molar-refractivity contribution in [2.45, 2.75) is 45.2 Å². The zero-order chi connectivity index (χ0) is 13.4. The summed E-state index contributed by atoms with van der Waals surface area (Å²) in [7, 11) is 0. The van der Waals surface area contributed by atoms with Gasteiger partial charge in [-0.25, -0.2) is 0 Å². The molecule has 0 radical (unpaired) electrons. The number of hydrogen-bond donors (Lipinski definition) is 3. The highest BCUT2D eigenvalue weighted by molar-refractivity contribution is 5.24. The van der Waals surface area contributed by atoms with Gasteiger partial charge >= 0.3 is 0 Å². The molecule has 0 bridgehead atoms. The number of benzene rings is 1. The van der Waals surface area contributed by atoms with Crippen LogP contribution in [-0.2, 0) is 6.42 Å². The minimum Gasteiger partial charge on any atom is -0.395 e. The highest BCUT2D eigenvalue weighted by Gasteiger charge is 2.11. The molecule has 0 aliphatic rings. The van der Waals surface area contributed by atoms with Gasteiger partial charge in [-0.05, 0) is 30.9 Å². The summed E-state index contributed by atoms with van der Waals surface area (Å²) in [5.74, 6) is 0. The molecule has 102 valence electrons. The van der Waals surface area contributed by atoms with Crippen LogP contribution in [-0.4, -0.2) is 29.5 Å². The topological polar surface area (TPSA) is 52.5 Å². The highest BCUT2D eigenvalue weighted by atomic mass is 16.3. The summed E-state index contributed by atoms with van der Waals surface area (Å²) in [5, 5.41) is 21.3.